The first-order valence-corrected chi connectivity index (χ1v) is 9.51. The number of carbonyl (C=O) groups is 1. The highest BCUT2D eigenvalue weighted by Crippen LogP contribution is 2.42. The standard InChI is InChI=1S/C21H29NO5/c1-4-6-16-9-15(10-18(27-5-2)19(16)25-3)11-22-12-17-7-8-26-14-21(17,13-22)20(23)24/h4,9-10,17H,1,5-8,11-14H2,2-3H3,(H,23,24)/t17-,21+/m0/s1. The van der Waals surface area contributed by atoms with E-state index in [2.05, 4.69) is 17.5 Å². The number of nitrogens with zero attached hydrogens (tertiary/aromatic N) is 1. The summed E-state index contributed by atoms with van der Waals surface area (Å²) in [4.78, 5) is 14.2. The summed E-state index contributed by atoms with van der Waals surface area (Å²) in [7, 11) is 1.64. The van der Waals surface area contributed by atoms with Gasteiger partial charge in [-0.1, -0.05) is 12.1 Å². The van der Waals surface area contributed by atoms with E-state index in [-0.39, 0.29) is 5.92 Å². The molecular formula is C21H29NO5. The molecule has 2 saturated heterocycles. The number of ether oxygens (including phenoxy) is 3. The van der Waals surface area contributed by atoms with Gasteiger partial charge in [-0.25, -0.2) is 0 Å². The van der Waals surface area contributed by atoms with Crippen molar-refractivity contribution in [3.63, 3.8) is 0 Å². The lowest BCUT2D eigenvalue weighted by molar-refractivity contribution is -0.159. The van der Waals surface area contributed by atoms with Gasteiger partial charge < -0.3 is 19.3 Å². The molecule has 2 atom stereocenters. The number of carboxylic acids is 1. The molecule has 1 aromatic rings. The van der Waals surface area contributed by atoms with Crippen LogP contribution in [0.25, 0.3) is 0 Å². The van der Waals surface area contributed by atoms with Crippen LogP contribution < -0.4 is 9.47 Å². The third-order valence-electron chi connectivity index (χ3n) is 5.63. The highest BCUT2D eigenvalue weighted by atomic mass is 16.5. The number of rotatable bonds is 8. The highest BCUT2D eigenvalue weighted by molar-refractivity contribution is 5.76. The van der Waals surface area contributed by atoms with Crippen molar-refractivity contribution >= 4 is 5.97 Å². The van der Waals surface area contributed by atoms with E-state index in [1.54, 1.807) is 7.11 Å². The van der Waals surface area contributed by atoms with Gasteiger partial charge >= 0.3 is 5.97 Å². The third-order valence-corrected chi connectivity index (χ3v) is 5.63. The summed E-state index contributed by atoms with van der Waals surface area (Å²) in [6.45, 7) is 9.26. The minimum Gasteiger partial charge on any atom is -0.493 e. The van der Waals surface area contributed by atoms with Crippen LogP contribution in [0.2, 0.25) is 0 Å². The van der Waals surface area contributed by atoms with Gasteiger partial charge in [-0.3, -0.25) is 9.69 Å². The summed E-state index contributed by atoms with van der Waals surface area (Å²) in [5.74, 6) is 0.862. The van der Waals surface area contributed by atoms with Crippen molar-refractivity contribution in [2.75, 3.05) is 40.0 Å². The Kier molecular flexibility index (Phi) is 6.07. The molecule has 2 aliphatic rings. The van der Waals surface area contributed by atoms with Crippen molar-refractivity contribution in [2.24, 2.45) is 11.3 Å². The molecule has 2 fully saturated rings. The number of allylic oxidation sites excluding steroid dienone is 1. The Labute approximate surface area is 160 Å². The monoisotopic (exact) mass is 375 g/mol. The number of hydrogen-bond acceptors (Lipinski definition) is 5. The van der Waals surface area contributed by atoms with E-state index < -0.39 is 11.4 Å². The summed E-state index contributed by atoms with van der Waals surface area (Å²) in [6.07, 6.45) is 3.34. The molecule has 0 spiro atoms. The molecule has 0 saturated carbocycles. The van der Waals surface area contributed by atoms with Crippen LogP contribution in [-0.2, 0) is 22.5 Å². The average molecular weight is 375 g/mol. The van der Waals surface area contributed by atoms with Gasteiger partial charge in [-0.2, -0.15) is 0 Å². The van der Waals surface area contributed by atoms with Gasteiger partial charge in [0.15, 0.2) is 11.5 Å². The lowest BCUT2D eigenvalue weighted by Gasteiger charge is -2.34. The molecule has 148 valence electrons. The molecule has 0 aliphatic carbocycles. The molecule has 6 heteroatoms. The van der Waals surface area contributed by atoms with E-state index in [9.17, 15) is 9.90 Å². The van der Waals surface area contributed by atoms with Crippen molar-refractivity contribution in [1.82, 2.24) is 4.90 Å². The Morgan fingerprint density at radius 2 is 2.33 bits per heavy atom. The summed E-state index contributed by atoms with van der Waals surface area (Å²) in [6, 6.07) is 4.11. The molecule has 3 rings (SSSR count). The van der Waals surface area contributed by atoms with E-state index in [1.807, 2.05) is 19.1 Å². The van der Waals surface area contributed by atoms with Crippen molar-refractivity contribution in [2.45, 2.75) is 26.3 Å². The summed E-state index contributed by atoms with van der Waals surface area (Å²) in [5.41, 5.74) is 1.34. The van der Waals surface area contributed by atoms with E-state index >= 15 is 0 Å². The quantitative estimate of drug-likeness (QED) is 0.705. The first-order valence-electron chi connectivity index (χ1n) is 9.51. The van der Waals surface area contributed by atoms with Crippen molar-refractivity contribution < 1.29 is 24.1 Å². The number of hydrogen-bond donors (Lipinski definition) is 1. The first-order chi connectivity index (χ1) is 13.0. The SMILES string of the molecule is C=CCc1cc(CN2C[C@@H]3CCOC[C@]3(C(=O)O)C2)cc(OCC)c1OC. The predicted molar refractivity (Wildman–Crippen MR) is 102 cm³/mol. The number of fused-ring (bicyclic) bond motifs is 1. The van der Waals surface area contributed by atoms with Crippen LogP contribution in [0.5, 0.6) is 11.5 Å². The van der Waals surface area contributed by atoms with Crippen LogP contribution >= 0.6 is 0 Å². The summed E-state index contributed by atoms with van der Waals surface area (Å²) < 4.78 is 16.9. The van der Waals surface area contributed by atoms with Gasteiger partial charge in [0.25, 0.3) is 0 Å². The molecule has 0 unspecified atom stereocenters. The maximum Gasteiger partial charge on any atom is 0.313 e. The maximum atomic E-state index is 12.0. The number of likely N-dealkylation sites (tertiary alicyclic amines) is 1. The van der Waals surface area contributed by atoms with Crippen LogP contribution in [0.4, 0.5) is 0 Å². The van der Waals surface area contributed by atoms with Gasteiger partial charge in [0.2, 0.25) is 0 Å². The smallest absolute Gasteiger partial charge is 0.313 e. The molecule has 0 radical (unpaired) electrons. The average Bonchev–Trinajstić information content (AvgIpc) is 3.01. The molecule has 6 nitrogen and oxygen atoms in total. The Morgan fingerprint density at radius 3 is 2.96 bits per heavy atom. The summed E-state index contributed by atoms with van der Waals surface area (Å²) >= 11 is 0. The highest BCUT2D eigenvalue weighted by Gasteiger charge is 2.53. The number of methoxy groups -OCH3 is 1. The Bertz CT molecular complexity index is 704. The fourth-order valence-corrected chi connectivity index (χ4v) is 4.39. The lowest BCUT2D eigenvalue weighted by Crippen LogP contribution is -2.46. The normalized spacial score (nSPS) is 25.0. The zero-order chi connectivity index (χ0) is 19.4. The van der Waals surface area contributed by atoms with Crippen LogP contribution in [0.1, 0.15) is 24.5 Å². The Hall–Kier alpha value is -2.05. The second kappa shape index (κ2) is 8.31. The second-order valence-electron chi connectivity index (χ2n) is 7.38. The zero-order valence-electron chi connectivity index (χ0n) is 16.2. The topological polar surface area (TPSA) is 68.2 Å². The van der Waals surface area contributed by atoms with Crippen LogP contribution in [0.3, 0.4) is 0 Å². The van der Waals surface area contributed by atoms with E-state index in [1.165, 1.54) is 0 Å². The van der Waals surface area contributed by atoms with Gasteiger partial charge in [-0.15, -0.1) is 6.58 Å². The Morgan fingerprint density at radius 1 is 1.52 bits per heavy atom. The van der Waals surface area contributed by atoms with Gasteiger partial charge in [0.05, 0.1) is 20.3 Å². The number of carboxylic acid groups (broad SMARTS) is 1. The molecule has 0 aromatic heterocycles. The molecule has 2 heterocycles. The second-order valence-corrected chi connectivity index (χ2v) is 7.38. The minimum atomic E-state index is -0.780. The van der Waals surface area contributed by atoms with Crippen LogP contribution in [0.15, 0.2) is 24.8 Å². The van der Waals surface area contributed by atoms with E-state index in [0.717, 1.165) is 35.6 Å². The van der Waals surface area contributed by atoms with Gasteiger partial charge in [0, 0.05) is 31.8 Å². The van der Waals surface area contributed by atoms with Gasteiger partial charge in [-0.05, 0) is 37.3 Å². The molecule has 27 heavy (non-hydrogen) atoms. The van der Waals surface area contributed by atoms with Crippen molar-refractivity contribution in [1.29, 1.82) is 0 Å². The molecule has 1 N–H and O–H groups in total. The van der Waals surface area contributed by atoms with Crippen molar-refractivity contribution in [3.05, 3.63) is 35.9 Å². The largest absolute Gasteiger partial charge is 0.493 e. The van der Waals surface area contributed by atoms with E-state index in [0.29, 0.717) is 39.3 Å². The third kappa shape index (κ3) is 3.82. The summed E-state index contributed by atoms with van der Waals surface area (Å²) in [5, 5.41) is 9.83. The van der Waals surface area contributed by atoms with E-state index in [4.69, 9.17) is 14.2 Å². The fourth-order valence-electron chi connectivity index (χ4n) is 4.39. The number of aliphatic carboxylic acids is 1. The fraction of sp³-hybridized carbons (Fsp3) is 0.571. The van der Waals surface area contributed by atoms with Crippen LogP contribution in [-0.4, -0.2) is 56.0 Å². The Balaban J connectivity index is 1.85. The molecule has 1 aromatic carbocycles. The van der Waals surface area contributed by atoms with Crippen molar-refractivity contribution in [3.8, 4) is 11.5 Å². The molecule has 0 amide bonds. The molecule has 2 aliphatic heterocycles. The maximum absolute atomic E-state index is 12.0. The molecular weight excluding hydrogens is 346 g/mol. The molecule has 0 bridgehead atoms. The van der Waals surface area contributed by atoms with Crippen LogP contribution in [0, 0.1) is 11.3 Å². The minimum absolute atomic E-state index is 0.140. The first kappa shape index (κ1) is 19.7. The number of benzene rings is 1. The predicted octanol–water partition coefficient (Wildman–Crippen LogP) is 2.75. The zero-order valence-corrected chi connectivity index (χ0v) is 16.2. The lowest BCUT2D eigenvalue weighted by atomic mass is 9.76. The van der Waals surface area contributed by atoms with Gasteiger partial charge in [0.1, 0.15) is 5.41 Å².